The summed E-state index contributed by atoms with van der Waals surface area (Å²) in [7, 11) is 0. The van der Waals surface area contributed by atoms with Gasteiger partial charge in [-0.2, -0.15) is 0 Å². The number of rotatable bonds is 1. The van der Waals surface area contributed by atoms with Crippen molar-refractivity contribution in [2.45, 2.75) is 6.61 Å². The van der Waals surface area contributed by atoms with Crippen LogP contribution >= 0.6 is 0 Å². The molecule has 0 aliphatic rings. The fourth-order valence-corrected chi connectivity index (χ4v) is 0.644. The zero-order chi connectivity index (χ0) is 6.69. The summed E-state index contributed by atoms with van der Waals surface area (Å²) in [5.74, 6) is -0.0541. The Morgan fingerprint density at radius 2 is 2.10 bits per heavy atom. The number of aliphatic hydroxyl groups excluding tert-OH is 1. The van der Waals surface area contributed by atoms with Gasteiger partial charge in [-0.05, 0) is 5.56 Å². The summed E-state index contributed by atoms with van der Waals surface area (Å²) in [5, 5.41) is 19.1. The number of hydrogen-bond acceptors (Lipinski definition) is 2. The molecule has 2 nitrogen and oxygen atoms in total. The Hall–Kier alpha value is 0.616. The predicted molar refractivity (Wildman–Crippen MR) is 31.8 cm³/mol. The minimum absolute atomic E-state index is 0. The van der Waals surface area contributed by atoms with Crippen molar-refractivity contribution in [1.29, 1.82) is 0 Å². The zero-order valence-electron chi connectivity index (χ0n) is 5.87. The van der Waals surface area contributed by atoms with Crippen molar-refractivity contribution in [3.05, 3.63) is 29.8 Å². The van der Waals surface area contributed by atoms with Crippen LogP contribution in [0.5, 0.6) is 5.75 Å². The van der Waals surface area contributed by atoms with E-state index in [2.05, 4.69) is 0 Å². The fourth-order valence-electron chi connectivity index (χ4n) is 0.644. The first-order valence-electron chi connectivity index (χ1n) is 2.70. The van der Waals surface area contributed by atoms with E-state index in [0.29, 0.717) is 5.56 Å². The van der Waals surface area contributed by atoms with Crippen LogP contribution in [0.2, 0.25) is 0 Å². The number of hydrogen-bond donors (Lipinski definition) is 1. The van der Waals surface area contributed by atoms with E-state index >= 15 is 0 Å². The quantitative estimate of drug-likeness (QED) is 0.455. The summed E-state index contributed by atoms with van der Waals surface area (Å²) < 4.78 is 0. The van der Waals surface area contributed by atoms with Crippen molar-refractivity contribution in [1.82, 2.24) is 0 Å². The van der Waals surface area contributed by atoms with E-state index in [0.717, 1.165) is 0 Å². The molecule has 0 bridgehead atoms. The van der Waals surface area contributed by atoms with Crippen LogP contribution in [0.25, 0.3) is 0 Å². The monoisotopic (exact) mass is 162 g/mol. The molecule has 0 atom stereocenters. The van der Waals surface area contributed by atoms with Gasteiger partial charge in [-0.15, -0.1) is 5.75 Å². The van der Waals surface area contributed by atoms with Crippen molar-refractivity contribution < 1.29 is 61.6 Å². The summed E-state index contributed by atoms with van der Waals surface area (Å²) in [5.41, 5.74) is 0.669. The summed E-state index contributed by atoms with van der Waals surface area (Å²) >= 11 is 0. The van der Waals surface area contributed by atoms with Gasteiger partial charge < -0.3 is 10.2 Å². The third-order valence-corrected chi connectivity index (χ3v) is 1.08. The maximum Gasteiger partial charge on any atom is 1.00 e. The topological polar surface area (TPSA) is 43.3 Å². The van der Waals surface area contributed by atoms with Crippen molar-refractivity contribution >= 4 is 0 Å². The van der Waals surface area contributed by atoms with Crippen molar-refractivity contribution in [3.8, 4) is 5.75 Å². The normalized spacial score (nSPS) is 8.50. The van der Waals surface area contributed by atoms with Crippen LogP contribution in [0.3, 0.4) is 0 Å². The van der Waals surface area contributed by atoms with Crippen LogP contribution in [0.4, 0.5) is 0 Å². The standard InChI is InChI=1S/C7H8O2.K/c8-5-6-2-1-3-7(9)4-6;/h1-4,8-9H,5H2;/q;+1/p-1. The first-order chi connectivity index (χ1) is 4.33. The molecule has 0 aliphatic carbocycles. The van der Waals surface area contributed by atoms with Gasteiger partial charge in [0.25, 0.3) is 0 Å². The molecular formula is C7H7KO2. The molecule has 1 N–H and O–H groups in total. The molecule has 0 saturated carbocycles. The van der Waals surface area contributed by atoms with Crippen molar-refractivity contribution in [2.24, 2.45) is 0 Å². The SMILES string of the molecule is [K+].[O-]c1cccc(CO)c1. The van der Waals surface area contributed by atoms with Gasteiger partial charge in [0.1, 0.15) is 0 Å². The van der Waals surface area contributed by atoms with Crippen LogP contribution in [0.15, 0.2) is 24.3 Å². The van der Waals surface area contributed by atoms with Crippen LogP contribution in [0, 0.1) is 0 Å². The van der Waals surface area contributed by atoms with E-state index in [-0.39, 0.29) is 63.7 Å². The van der Waals surface area contributed by atoms with Gasteiger partial charge >= 0.3 is 51.4 Å². The molecule has 10 heavy (non-hydrogen) atoms. The first-order valence-corrected chi connectivity index (χ1v) is 2.70. The minimum atomic E-state index is -0.0594. The molecular weight excluding hydrogens is 155 g/mol. The van der Waals surface area contributed by atoms with Gasteiger partial charge in [-0.1, -0.05) is 24.3 Å². The van der Waals surface area contributed by atoms with Gasteiger partial charge in [-0.3, -0.25) is 0 Å². The molecule has 0 aliphatic heterocycles. The minimum Gasteiger partial charge on any atom is -0.872 e. The Bertz CT molecular complexity index is 201. The molecule has 0 unspecified atom stereocenters. The van der Waals surface area contributed by atoms with Gasteiger partial charge in [0.05, 0.1) is 6.61 Å². The van der Waals surface area contributed by atoms with Crippen LogP contribution < -0.4 is 56.5 Å². The van der Waals surface area contributed by atoms with Gasteiger partial charge in [0, 0.05) is 0 Å². The third kappa shape index (κ3) is 3.14. The van der Waals surface area contributed by atoms with E-state index in [4.69, 9.17) is 5.11 Å². The van der Waals surface area contributed by atoms with E-state index in [1.165, 1.54) is 12.1 Å². The van der Waals surface area contributed by atoms with Crippen molar-refractivity contribution in [2.75, 3.05) is 0 Å². The average molecular weight is 162 g/mol. The van der Waals surface area contributed by atoms with Crippen LogP contribution in [0.1, 0.15) is 5.56 Å². The summed E-state index contributed by atoms with van der Waals surface area (Å²) in [6, 6.07) is 6.22. The number of benzene rings is 1. The Morgan fingerprint density at radius 1 is 1.40 bits per heavy atom. The molecule has 0 aromatic heterocycles. The largest absolute Gasteiger partial charge is 1.00 e. The van der Waals surface area contributed by atoms with Gasteiger partial charge in [0.15, 0.2) is 0 Å². The molecule has 0 fully saturated rings. The second kappa shape index (κ2) is 5.29. The molecule has 1 aromatic carbocycles. The molecule has 0 radical (unpaired) electrons. The van der Waals surface area contributed by atoms with Crippen molar-refractivity contribution in [3.63, 3.8) is 0 Å². The molecule has 3 heteroatoms. The molecule has 1 rings (SSSR count). The predicted octanol–water partition coefficient (Wildman–Crippen LogP) is -2.74. The zero-order valence-corrected chi connectivity index (χ0v) is 9.00. The smallest absolute Gasteiger partial charge is 0.872 e. The second-order valence-electron chi connectivity index (χ2n) is 1.81. The molecule has 1 aromatic rings. The van der Waals surface area contributed by atoms with Gasteiger partial charge in [0.2, 0.25) is 0 Å². The molecule has 0 amide bonds. The average Bonchev–Trinajstić information content (AvgIpc) is 1.88. The summed E-state index contributed by atoms with van der Waals surface area (Å²) in [6.45, 7) is -0.0594. The maximum atomic E-state index is 10.5. The second-order valence-corrected chi connectivity index (χ2v) is 1.81. The molecule has 0 spiro atoms. The van der Waals surface area contributed by atoms with Crippen LogP contribution in [-0.4, -0.2) is 5.11 Å². The molecule has 48 valence electrons. The van der Waals surface area contributed by atoms with E-state index in [1.54, 1.807) is 12.1 Å². The van der Waals surface area contributed by atoms with E-state index in [1.807, 2.05) is 0 Å². The molecule has 0 heterocycles. The Kier molecular flexibility index (Phi) is 5.62. The van der Waals surface area contributed by atoms with Gasteiger partial charge in [-0.25, -0.2) is 0 Å². The van der Waals surface area contributed by atoms with E-state index in [9.17, 15) is 5.11 Å². The summed E-state index contributed by atoms with van der Waals surface area (Å²) in [4.78, 5) is 0. The Balaban J connectivity index is 0.000000810. The third-order valence-electron chi connectivity index (χ3n) is 1.08. The van der Waals surface area contributed by atoms with E-state index < -0.39 is 0 Å². The van der Waals surface area contributed by atoms with Crippen LogP contribution in [-0.2, 0) is 6.61 Å². The maximum absolute atomic E-state index is 10.5. The first kappa shape index (κ1) is 10.6. The Morgan fingerprint density at radius 3 is 2.50 bits per heavy atom. The summed E-state index contributed by atoms with van der Waals surface area (Å²) in [6.07, 6.45) is 0. The fraction of sp³-hybridized carbons (Fsp3) is 0.143. The number of aliphatic hydroxyl groups is 1. The Labute approximate surface area is 102 Å². The molecule has 0 saturated heterocycles.